The summed E-state index contributed by atoms with van der Waals surface area (Å²) in [5, 5.41) is 21.6. The molecule has 1 fully saturated rings. The molecule has 0 bridgehead atoms. The second-order valence-electron chi connectivity index (χ2n) is 6.25. The van der Waals surface area contributed by atoms with Crippen molar-refractivity contribution in [1.82, 2.24) is 4.90 Å². The molecular weight excluding hydrogens is 266 g/mol. The molecule has 0 amide bonds. The third-order valence-electron chi connectivity index (χ3n) is 4.78. The van der Waals surface area contributed by atoms with Crippen LogP contribution in [0.3, 0.4) is 0 Å². The van der Waals surface area contributed by atoms with Gasteiger partial charge in [-0.2, -0.15) is 0 Å². The maximum absolute atomic E-state index is 11.3. The summed E-state index contributed by atoms with van der Waals surface area (Å²) < 4.78 is 5.84. The predicted molar refractivity (Wildman–Crippen MR) is 83.1 cm³/mol. The number of hydrogen-bond donors (Lipinski definition) is 2. The van der Waals surface area contributed by atoms with Gasteiger partial charge in [0.25, 0.3) is 0 Å². The highest BCUT2D eigenvalue weighted by molar-refractivity contribution is 5.29. The highest BCUT2D eigenvalue weighted by Crippen LogP contribution is 2.43. The van der Waals surface area contributed by atoms with Gasteiger partial charge in [0.15, 0.2) is 0 Å². The van der Waals surface area contributed by atoms with Crippen LogP contribution < -0.4 is 0 Å². The first-order valence-electron chi connectivity index (χ1n) is 7.71. The Bertz CT molecular complexity index is 458. The molecule has 21 heavy (non-hydrogen) atoms. The van der Waals surface area contributed by atoms with Gasteiger partial charge in [0.1, 0.15) is 17.8 Å². The molecule has 3 unspecified atom stereocenters. The van der Waals surface area contributed by atoms with Crippen molar-refractivity contribution in [2.24, 2.45) is 0 Å². The van der Waals surface area contributed by atoms with Crippen LogP contribution in [0.5, 0.6) is 0 Å². The number of benzene rings is 1. The molecule has 1 aliphatic heterocycles. The molecule has 118 valence electrons. The molecule has 0 aliphatic carbocycles. The Hall–Kier alpha value is -0.940. The maximum Gasteiger partial charge on any atom is 0.145 e. The lowest BCUT2D eigenvalue weighted by Gasteiger charge is -2.46. The van der Waals surface area contributed by atoms with Crippen LogP contribution in [0.25, 0.3) is 0 Å². The standard InChI is InChI=1S/C17H27NO3/c1-5-18(6-2)16(3,4)15-17(20,14(19)12-21-15)13-10-8-7-9-11-13/h7-11,14-15,19-20H,5-6,12H2,1-4H3. The third-order valence-corrected chi connectivity index (χ3v) is 4.78. The van der Waals surface area contributed by atoms with Crippen LogP contribution in [0.4, 0.5) is 0 Å². The minimum absolute atomic E-state index is 0.154. The molecule has 4 heteroatoms. The molecule has 0 radical (unpaired) electrons. The predicted octanol–water partition coefficient (Wildman–Crippen LogP) is 1.75. The number of hydrogen-bond acceptors (Lipinski definition) is 4. The lowest BCUT2D eigenvalue weighted by atomic mass is 9.76. The van der Waals surface area contributed by atoms with Crippen LogP contribution in [0.1, 0.15) is 33.3 Å². The Kier molecular flexibility index (Phi) is 4.73. The van der Waals surface area contributed by atoms with Crippen LogP contribution in [-0.4, -0.2) is 52.6 Å². The molecule has 0 spiro atoms. The zero-order valence-electron chi connectivity index (χ0n) is 13.4. The summed E-state index contributed by atoms with van der Waals surface area (Å²) in [4.78, 5) is 2.25. The van der Waals surface area contributed by atoms with Gasteiger partial charge in [-0.25, -0.2) is 0 Å². The van der Waals surface area contributed by atoms with Crippen LogP contribution in [0.15, 0.2) is 30.3 Å². The van der Waals surface area contributed by atoms with E-state index >= 15 is 0 Å². The Morgan fingerprint density at radius 3 is 2.33 bits per heavy atom. The van der Waals surface area contributed by atoms with Crippen molar-refractivity contribution in [3.8, 4) is 0 Å². The monoisotopic (exact) mass is 293 g/mol. The molecule has 1 heterocycles. The molecule has 1 aromatic carbocycles. The Morgan fingerprint density at radius 2 is 1.81 bits per heavy atom. The first-order valence-corrected chi connectivity index (χ1v) is 7.71. The number of ether oxygens (including phenoxy) is 1. The van der Waals surface area contributed by atoms with Crippen LogP contribution in [0, 0.1) is 0 Å². The van der Waals surface area contributed by atoms with Gasteiger partial charge < -0.3 is 14.9 Å². The van der Waals surface area contributed by atoms with E-state index in [0.717, 1.165) is 13.1 Å². The zero-order chi connectivity index (χ0) is 15.7. The Labute approximate surface area is 127 Å². The minimum Gasteiger partial charge on any atom is -0.387 e. The Morgan fingerprint density at radius 1 is 1.24 bits per heavy atom. The van der Waals surface area contributed by atoms with Crippen LogP contribution in [-0.2, 0) is 10.3 Å². The highest BCUT2D eigenvalue weighted by atomic mass is 16.5. The van der Waals surface area contributed by atoms with E-state index < -0.39 is 17.8 Å². The highest BCUT2D eigenvalue weighted by Gasteiger charge is 2.57. The van der Waals surface area contributed by atoms with E-state index in [2.05, 4.69) is 32.6 Å². The van der Waals surface area contributed by atoms with E-state index in [1.165, 1.54) is 0 Å². The van der Waals surface area contributed by atoms with E-state index in [0.29, 0.717) is 5.56 Å². The summed E-state index contributed by atoms with van der Waals surface area (Å²) in [7, 11) is 0. The topological polar surface area (TPSA) is 52.9 Å². The first kappa shape index (κ1) is 16.4. The summed E-state index contributed by atoms with van der Waals surface area (Å²) >= 11 is 0. The first-order chi connectivity index (χ1) is 9.88. The Balaban J connectivity index is 2.43. The molecule has 0 aromatic heterocycles. The molecule has 4 nitrogen and oxygen atoms in total. The lowest BCUT2D eigenvalue weighted by molar-refractivity contribution is -0.134. The quantitative estimate of drug-likeness (QED) is 0.868. The molecule has 0 saturated carbocycles. The fourth-order valence-electron chi connectivity index (χ4n) is 3.61. The molecule has 3 atom stereocenters. The second-order valence-corrected chi connectivity index (χ2v) is 6.25. The van der Waals surface area contributed by atoms with E-state index in [9.17, 15) is 10.2 Å². The van der Waals surface area contributed by atoms with Gasteiger partial charge in [-0.3, -0.25) is 4.90 Å². The van der Waals surface area contributed by atoms with Gasteiger partial charge in [0, 0.05) is 5.54 Å². The summed E-state index contributed by atoms with van der Waals surface area (Å²) in [6.07, 6.45) is -1.40. The average Bonchev–Trinajstić information content (AvgIpc) is 2.78. The number of likely N-dealkylation sites (N-methyl/N-ethyl adjacent to an activating group) is 1. The molecule has 1 aromatic rings. The SMILES string of the molecule is CCN(CC)C(C)(C)C1OCC(O)C1(O)c1ccccc1. The van der Waals surface area contributed by atoms with Crippen LogP contribution >= 0.6 is 0 Å². The average molecular weight is 293 g/mol. The van der Waals surface area contributed by atoms with Crippen molar-refractivity contribution in [2.45, 2.75) is 51.0 Å². The summed E-state index contributed by atoms with van der Waals surface area (Å²) in [5.41, 5.74) is -1.06. The van der Waals surface area contributed by atoms with Gasteiger partial charge in [-0.05, 0) is 32.5 Å². The summed E-state index contributed by atoms with van der Waals surface area (Å²) in [6.45, 7) is 10.2. The van der Waals surface area contributed by atoms with Crippen molar-refractivity contribution in [3.05, 3.63) is 35.9 Å². The van der Waals surface area contributed by atoms with E-state index in [-0.39, 0.29) is 12.1 Å². The molecule has 1 aliphatic rings. The fourth-order valence-corrected chi connectivity index (χ4v) is 3.61. The molecular formula is C17H27NO3. The van der Waals surface area contributed by atoms with Crippen LogP contribution in [0.2, 0.25) is 0 Å². The summed E-state index contributed by atoms with van der Waals surface area (Å²) in [6, 6.07) is 9.35. The molecule has 1 saturated heterocycles. The number of aliphatic hydroxyl groups is 2. The van der Waals surface area contributed by atoms with E-state index in [4.69, 9.17) is 4.74 Å². The van der Waals surface area contributed by atoms with Crippen molar-refractivity contribution in [1.29, 1.82) is 0 Å². The van der Waals surface area contributed by atoms with Crippen molar-refractivity contribution in [3.63, 3.8) is 0 Å². The second kappa shape index (κ2) is 6.05. The third kappa shape index (κ3) is 2.61. The van der Waals surface area contributed by atoms with Gasteiger partial charge in [-0.15, -0.1) is 0 Å². The normalized spacial score (nSPS) is 30.0. The molecule has 2 rings (SSSR count). The smallest absolute Gasteiger partial charge is 0.145 e. The fraction of sp³-hybridized carbons (Fsp3) is 0.647. The lowest BCUT2D eigenvalue weighted by Crippen LogP contribution is -2.60. The van der Waals surface area contributed by atoms with Gasteiger partial charge in [0.2, 0.25) is 0 Å². The van der Waals surface area contributed by atoms with Crippen molar-refractivity contribution < 1.29 is 14.9 Å². The maximum atomic E-state index is 11.3. The van der Waals surface area contributed by atoms with Gasteiger partial charge >= 0.3 is 0 Å². The van der Waals surface area contributed by atoms with Crippen molar-refractivity contribution in [2.75, 3.05) is 19.7 Å². The summed E-state index contributed by atoms with van der Waals surface area (Å²) in [5.74, 6) is 0. The number of nitrogens with zero attached hydrogens (tertiary/aromatic N) is 1. The number of rotatable bonds is 5. The van der Waals surface area contributed by atoms with E-state index in [1.54, 1.807) is 0 Å². The largest absolute Gasteiger partial charge is 0.387 e. The van der Waals surface area contributed by atoms with E-state index in [1.807, 2.05) is 30.3 Å². The zero-order valence-corrected chi connectivity index (χ0v) is 13.4. The van der Waals surface area contributed by atoms with Crippen molar-refractivity contribution >= 4 is 0 Å². The van der Waals surface area contributed by atoms with Gasteiger partial charge in [0.05, 0.1) is 6.61 Å². The van der Waals surface area contributed by atoms with Gasteiger partial charge in [-0.1, -0.05) is 44.2 Å². The number of aliphatic hydroxyl groups excluding tert-OH is 1. The molecule has 2 N–H and O–H groups in total. The minimum atomic E-state index is -1.38.